The van der Waals surface area contributed by atoms with Gasteiger partial charge in [-0.1, -0.05) is 12.8 Å². The Labute approximate surface area is 205 Å². The summed E-state index contributed by atoms with van der Waals surface area (Å²) < 4.78 is 12.9. The minimum absolute atomic E-state index is 0.0149. The Morgan fingerprint density at radius 3 is 2.58 bits per heavy atom. The summed E-state index contributed by atoms with van der Waals surface area (Å²) in [6, 6.07) is 5.91. The number of nitro benzene ring substituents is 1. The highest BCUT2D eigenvalue weighted by atomic mass is 16.6. The fourth-order valence-electron chi connectivity index (χ4n) is 4.61. The Bertz CT molecular complexity index is 1270. The molecule has 190 valence electrons. The Morgan fingerprint density at radius 1 is 1.22 bits per heavy atom. The molecule has 2 fully saturated rings. The molecule has 4 atom stereocenters. The van der Waals surface area contributed by atoms with Crippen LogP contribution in [0.1, 0.15) is 54.9 Å². The molecule has 3 heterocycles. The number of amides is 1. The van der Waals surface area contributed by atoms with Crippen molar-refractivity contribution in [2.24, 2.45) is 0 Å². The molecule has 2 aliphatic rings. The van der Waals surface area contributed by atoms with Gasteiger partial charge in [0.05, 0.1) is 11.0 Å². The maximum atomic E-state index is 13.3. The van der Waals surface area contributed by atoms with Crippen molar-refractivity contribution in [3.63, 3.8) is 0 Å². The van der Waals surface area contributed by atoms with Crippen molar-refractivity contribution in [3.8, 4) is 5.88 Å². The lowest BCUT2D eigenvalue weighted by molar-refractivity contribution is -0.384. The van der Waals surface area contributed by atoms with Crippen LogP contribution in [0.25, 0.3) is 11.0 Å². The average Bonchev–Trinajstić information content (AvgIpc) is 3.58. The maximum absolute atomic E-state index is 13.3. The van der Waals surface area contributed by atoms with Crippen molar-refractivity contribution in [1.82, 2.24) is 25.1 Å². The molecule has 1 saturated carbocycles. The number of ether oxygens (including phenoxy) is 2. The molecule has 36 heavy (non-hydrogen) atoms. The zero-order valence-electron chi connectivity index (χ0n) is 19.5. The number of carbonyl (C=O) groups is 1. The van der Waals surface area contributed by atoms with E-state index in [4.69, 9.17) is 9.47 Å². The number of nitro groups is 1. The molecule has 1 aliphatic heterocycles. The molecule has 5 rings (SSSR count). The van der Waals surface area contributed by atoms with E-state index in [1.54, 1.807) is 19.1 Å². The summed E-state index contributed by atoms with van der Waals surface area (Å²) in [6.45, 7) is 1.65. The fourth-order valence-corrected chi connectivity index (χ4v) is 4.61. The van der Waals surface area contributed by atoms with Gasteiger partial charge in [-0.25, -0.2) is 14.6 Å². The van der Waals surface area contributed by atoms with Gasteiger partial charge in [-0.3, -0.25) is 14.9 Å². The van der Waals surface area contributed by atoms with E-state index in [2.05, 4.69) is 20.4 Å². The third kappa shape index (κ3) is 4.47. The molecule has 2 aromatic heterocycles. The molecule has 13 heteroatoms. The van der Waals surface area contributed by atoms with E-state index in [1.807, 2.05) is 0 Å². The van der Waals surface area contributed by atoms with E-state index >= 15 is 0 Å². The topological polar surface area (TPSA) is 175 Å². The van der Waals surface area contributed by atoms with Gasteiger partial charge in [-0.2, -0.15) is 5.10 Å². The summed E-state index contributed by atoms with van der Waals surface area (Å²) in [5, 5.41) is 39.3. The van der Waals surface area contributed by atoms with Gasteiger partial charge >= 0.3 is 0 Å². The molecule has 13 nitrogen and oxygen atoms in total. The minimum atomic E-state index is -1.28. The number of hydrogen-bond acceptors (Lipinski definition) is 10. The molecular weight excluding hydrogens is 472 g/mol. The van der Waals surface area contributed by atoms with E-state index < -0.39 is 35.4 Å². The Kier molecular flexibility index (Phi) is 6.51. The van der Waals surface area contributed by atoms with Crippen LogP contribution in [0, 0.1) is 10.1 Å². The second-order valence-corrected chi connectivity index (χ2v) is 9.05. The number of non-ortho nitro benzene ring substituents is 1. The molecule has 1 aromatic carbocycles. The van der Waals surface area contributed by atoms with Crippen molar-refractivity contribution >= 4 is 22.6 Å². The number of nitrogens with zero attached hydrogens (tertiary/aromatic N) is 5. The highest BCUT2D eigenvalue weighted by Gasteiger charge is 2.43. The van der Waals surface area contributed by atoms with Gasteiger partial charge in [-0.05, 0) is 37.5 Å². The van der Waals surface area contributed by atoms with Crippen molar-refractivity contribution < 1.29 is 29.4 Å². The van der Waals surface area contributed by atoms with E-state index in [0.29, 0.717) is 5.56 Å². The molecule has 1 amide bonds. The first-order valence-corrected chi connectivity index (χ1v) is 11.7. The van der Waals surface area contributed by atoms with Crippen LogP contribution in [0.15, 0.2) is 30.6 Å². The SMILES string of the molecule is C[C@H]1O[C@@H](n2nc(C(=O)NC3CCCC3)c3c(OCc4ccc([N+](=O)[O-])cc4)ncnc32)[C@H](O)[C@@H]1O. The number of rotatable bonds is 7. The number of aromatic nitrogens is 4. The summed E-state index contributed by atoms with van der Waals surface area (Å²) in [7, 11) is 0. The van der Waals surface area contributed by atoms with Crippen LogP contribution in [-0.4, -0.2) is 65.1 Å². The number of benzene rings is 1. The van der Waals surface area contributed by atoms with Gasteiger partial charge in [0.25, 0.3) is 11.6 Å². The largest absolute Gasteiger partial charge is 0.472 e. The predicted molar refractivity (Wildman–Crippen MR) is 124 cm³/mol. The summed E-state index contributed by atoms with van der Waals surface area (Å²) in [6.07, 6.45) is 0.915. The first kappa shape index (κ1) is 24.0. The predicted octanol–water partition coefficient (Wildman–Crippen LogP) is 1.62. The van der Waals surface area contributed by atoms with Crippen LogP contribution >= 0.6 is 0 Å². The average molecular weight is 498 g/mol. The number of carbonyl (C=O) groups excluding carboxylic acids is 1. The van der Waals surface area contributed by atoms with Crippen LogP contribution in [0.3, 0.4) is 0 Å². The standard InChI is InChI=1S/C23H26N6O7/c1-12-18(30)19(31)23(36-12)28-20-16(17(27-28)21(32)26-14-4-2-3-5-14)22(25-11-24-20)35-10-13-6-8-15(9-7-13)29(33)34/h6-9,11-12,14,18-19,23,30-31H,2-5,10H2,1H3,(H,26,32)/t12-,18-,19-,23-/m1/s1. The summed E-state index contributed by atoms with van der Waals surface area (Å²) >= 11 is 0. The zero-order chi connectivity index (χ0) is 25.4. The molecular formula is C23H26N6O7. The van der Waals surface area contributed by atoms with E-state index in [1.165, 1.54) is 23.1 Å². The molecule has 0 radical (unpaired) electrons. The molecule has 1 saturated heterocycles. The summed E-state index contributed by atoms with van der Waals surface area (Å²) in [5.41, 5.74) is 0.830. The van der Waals surface area contributed by atoms with Crippen LogP contribution < -0.4 is 10.1 Å². The van der Waals surface area contributed by atoms with E-state index in [9.17, 15) is 25.1 Å². The second-order valence-electron chi connectivity index (χ2n) is 9.05. The molecule has 0 bridgehead atoms. The molecule has 0 unspecified atom stereocenters. The third-order valence-corrected chi connectivity index (χ3v) is 6.60. The van der Waals surface area contributed by atoms with Crippen LogP contribution in [0.4, 0.5) is 5.69 Å². The Balaban J connectivity index is 1.50. The lowest BCUT2D eigenvalue weighted by Crippen LogP contribution is -2.33. The molecule has 3 aromatic rings. The third-order valence-electron chi connectivity index (χ3n) is 6.60. The molecule has 1 aliphatic carbocycles. The van der Waals surface area contributed by atoms with Crippen LogP contribution in [0.5, 0.6) is 5.88 Å². The molecule has 3 N–H and O–H groups in total. The smallest absolute Gasteiger partial charge is 0.272 e. The first-order valence-electron chi connectivity index (χ1n) is 11.7. The van der Waals surface area contributed by atoms with Crippen molar-refractivity contribution in [2.45, 2.75) is 69.8 Å². The van der Waals surface area contributed by atoms with E-state index in [0.717, 1.165) is 25.7 Å². The van der Waals surface area contributed by atoms with Gasteiger partial charge in [0.2, 0.25) is 5.88 Å². The second kappa shape index (κ2) is 9.76. The lowest BCUT2D eigenvalue weighted by atomic mass is 10.1. The van der Waals surface area contributed by atoms with Gasteiger partial charge in [0, 0.05) is 18.2 Å². The quantitative estimate of drug-likeness (QED) is 0.321. The Hall–Kier alpha value is -3.68. The minimum Gasteiger partial charge on any atom is -0.472 e. The maximum Gasteiger partial charge on any atom is 0.272 e. The van der Waals surface area contributed by atoms with Crippen molar-refractivity contribution in [3.05, 3.63) is 52.0 Å². The lowest BCUT2D eigenvalue weighted by Gasteiger charge is -2.15. The monoisotopic (exact) mass is 498 g/mol. The fraction of sp³-hybridized carbons (Fsp3) is 0.478. The normalized spacial score (nSPS) is 24.3. The number of nitrogens with one attached hydrogen (secondary N) is 1. The van der Waals surface area contributed by atoms with Gasteiger partial charge in [0.15, 0.2) is 17.6 Å². The van der Waals surface area contributed by atoms with E-state index in [-0.39, 0.29) is 40.9 Å². The van der Waals surface area contributed by atoms with Gasteiger partial charge in [-0.15, -0.1) is 0 Å². The number of hydrogen-bond donors (Lipinski definition) is 3. The zero-order valence-corrected chi connectivity index (χ0v) is 19.5. The number of fused-ring (bicyclic) bond motifs is 1. The van der Waals surface area contributed by atoms with Crippen molar-refractivity contribution in [1.29, 1.82) is 0 Å². The molecule has 0 spiro atoms. The van der Waals surface area contributed by atoms with Crippen LogP contribution in [0.2, 0.25) is 0 Å². The number of aliphatic hydroxyl groups excluding tert-OH is 2. The highest BCUT2D eigenvalue weighted by molar-refractivity contribution is 6.06. The first-order chi connectivity index (χ1) is 17.3. The Morgan fingerprint density at radius 2 is 1.94 bits per heavy atom. The van der Waals surface area contributed by atoms with Gasteiger partial charge in [0.1, 0.15) is 30.5 Å². The summed E-state index contributed by atoms with van der Waals surface area (Å²) in [4.78, 5) is 32.2. The van der Waals surface area contributed by atoms with Gasteiger partial charge < -0.3 is 25.0 Å². The highest BCUT2D eigenvalue weighted by Crippen LogP contribution is 2.34. The summed E-state index contributed by atoms with van der Waals surface area (Å²) in [5.74, 6) is -0.344. The van der Waals surface area contributed by atoms with Crippen molar-refractivity contribution in [2.75, 3.05) is 0 Å². The number of aliphatic hydroxyl groups is 2. The van der Waals surface area contributed by atoms with Crippen LogP contribution in [-0.2, 0) is 11.3 Å².